The predicted molar refractivity (Wildman–Crippen MR) is 124 cm³/mol. The van der Waals surface area contributed by atoms with Crippen LogP contribution >= 0.6 is 0 Å². The summed E-state index contributed by atoms with van der Waals surface area (Å²) in [6.07, 6.45) is 1.54. The van der Waals surface area contributed by atoms with Gasteiger partial charge in [0.25, 0.3) is 10.1 Å². The quantitative estimate of drug-likeness (QED) is 0.286. The number of benzene rings is 1. The van der Waals surface area contributed by atoms with E-state index in [1.165, 1.54) is 0 Å². The van der Waals surface area contributed by atoms with Gasteiger partial charge in [-0.15, -0.1) is 6.58 Å². The van der Waals surface area contributed by atoms with Gasteiger partial charge < -0.3 is 0 Å². The minimum absolute atomic E-state index is 0.232. The van der Waals surface area contributed by atoms with Gasteiger partial charge in [0, 0.05) is 0 Å². The first-order valence-electron chi connectivity index (χ1n) is 10.4. The van der Waals surface area contributed by atoms with Gasteiger partial charge in [-0.1, -0.05) is 97.8 Å². The van der Waals surface area contributed by atoms with Crippen LogP contribution in [0.3, 0.4) is 0 Å². The molecule has 1 aromatic rings. The lowest BCUT2D eigenvalue weighted by Gasteiger charge is -2.41. The Morgan fingerprint density at radius 2 is 1.43 bits per heavy atom. The zero-order chi connectivity index (χ0) is 21.9. The summed E-state index contributed by atoms with van der Waals surface area (Å²) in [7, 11) is -6.42. The fourth-order valence-electron chi connectivity index (χ4n) is 4.23. The summed E-state index contributed by atoms with van der Waals surface area (Å²) in [6, 6.07) is 9.43. The Hall–Kier alpha value is -0.913. The number of hydrogen-bond acceptors (Lipinski definition) is 2. The summed E-state index contributed by atoms with van der Waals surface area (Å²) in [5, 5.41) is 0. The van der Waals surface area contributed by atoms with Crippen LogP contribution in [-0.2, 0) is 19.9 Å². The maximum absolute atomic E-state index is 13.1. The first-order chi connectivity index (χ1) is 12.7. The zero-order valence-corrected chi connectivity index (χ0v) is 21.0. The Morgan fingerprint density at radius 1 is 1.00 bits per heavy atom. The Bertz CT molecular complexity index is 756. The lowest BCUT2D eigenvalue weighted by molar-refractivity contribution is 0.368. The smallest absolute Gasteiger partial charge is 0.275 e. The van der Waals surface area contributed by atoms with Crippen LogP contribution in [-0.4, -0.2) is 21.8 Å². The van der Waals surface area contributed by atoms with Crippen LogP contribution in [0.5, 0.6) is 0 Å². The lowest BCUT2D eigenvalue weighted by Crippen LogP contribution is -2.50. The molecule has 0 aromatic heterocycles. The van der Waals surface area contributed by atoms with Crippen molar-refractivity contribution >= 4 is 18.9 Å². The molecule has 5 heteroatoms. The molecule has 0 bridgehead atoms. The molecule has 160 valence electrons. The molecule has 0 aliphatic rings. The topological polar surface area (TPSA) is 54.4 Å². The van der Waals surface area contributed by atoms with Crippen molar-refractivity contribution in [1.29, 1.82) is 0 Å². The minimum atomic E-state index is -4.38. The second kappa shape index (κ2) is 9.27. The molecule has 0 radical (unpaired) electrons. The standard InChI is InChI=1S/C23H40O3SSi/c1-10-23(27(24,25)26,28(15-17(2)3)16-18(4)5)21-14-12-11-13-20(21)22(8,9)19(6)7/h10-14,17-19,28H,1,15-16H2,2-9H3,(H,24,25,26). The maximum atomic E-state index is 13.1. The van der Waals surface area contributed by atoms with Crippen molar-refractivity contribution in [3.05, 3.63) is 48.0 Å². The molecule has 0 spiro atoms. The predicted octanol–water partition coefficient (Wildman–Crippen LogP) is 5.97. The number of hydrogen-bond donors (Lipinski definition) is 1. The Balaban J connectivity index is 3.95. The van der Waals surface area contributed by atoms with Gasteiger partial charge in [-0.05, 0) is 34.3 Å². The van der Waals surface area contributed by atoms with E-state index in [0.29, 0.717) is 17.8 Å². The monoisotopic (exact) mass is 424 g/mol. The summed E-state index contributed by atoms with van der Waals surface area (Å²) < 4.78 is 35.4. The highest BCUT2D eigenvalue weighted by Crippen LogP contribution is 2.45. The minimum Gasteiger partial charge on any atom is -0.285 e. The molecule has 0 fully saturated rings. The van der Waals surface area contributed by atoms with Crippen molar-refractivity contribution in [2.24, 2.45) is 17.8 Å². The van der Waals surface area contributed by atoms with Crippen LogP contribution in [0.1, 0.15) is 66.5 Å². The van der Waals surface area contributed by atoms with Crippen molar-refractivity contribution in [2.45, 2.75) is 77.3 Å². The van der Waals surface area contributed by atoms with E-state index >= 15 is 0 Å². The Labute approximate surface area is 175 Å². The molecule has 0 amide bonds. The van der Waals surface area contributed by atoms with Crippen molar-refractivity contribution < 1.29 is 13.0 Å². The van der Waals surface area contributed by atoms with E-state index < -0.39 is 23.3 Å². The SMILES string of the molecule is C=CC(c1ccccc1C(C)(C)C(C)C)([SiH](CC(C)C)CC(C)C)S(=O)(=O)O. The fraction of sp³-hybridized carbons (Fsp3) is 0.652. The van der Waals surface area contributed by atoms with E-state index in [4.69, 9.17) is 0 Å². The summed E-state index contributed by atoms with van der Waals surface area (Å²) in [6.45, 7) is 21.1. The molecule has 1 rings (SSSR count). The average Bonchev–Trinajstić information content (AvgIpc) is 2.53. The third-order valence-electron chi connectivity index (χ3n) is 6.33. The average molecular weight is 425 g/mol. The van der Waals surface area contributed by atoms with Crippen LogP contribution in [0.25, 0.3) is 0 Å². The third-order valence-corrected chi connectivity index (χ3v) is 14.3. The highest BCUT2D eigenvalue weighted by atomic mass is 32.2. The van der Waals surface area contributed by atoms with Crippen molar-refractivity contribution in [3.63, 3.8) is 0 Å². The maximum Gasteiger partial charge on any atom is 0.275 e. The van der Waals surface area contributed by atoms with E-state index in [1.54, 1.807) is 6.08 Å². The third kappa shape index (κ3) is 4.98. The van der Waals surface area contributed by atoms with E-state index in [2.05, 4.69) is 62.0 Å². The van der Waals surface area contributed by atoms with Gasteiger partial charge in [-0.25, -0.2) is 0 Å². The van der Waals surface area contributed by atoms with E-state index in [1.807, 2.05) is 24.3 Å². The molecule has 1 aromatic carbocycles. The summed E-state index contributed by atoms with van der Waals surface area (Å²) in [5.41, 5.74) is 1.49. The molecule has 3 nitrogen and oxygen atoms in total. The molecule has 0 saturated carbocycles. The van der Waals surface area contributed by atoms with Gasteiger partial charge in [-0.2, -0.15) is 8.42 Å². The fourth-order valence-corrected chi connectivity index (χ4v) is 11.4. The molecular formula is C23H40O3SSi. The molecule has 0 saturated heterocycles. The zero-order valence-electron chi connectivity index (χ0n) is 19.0. The molecule has 28 heavy (non-hydrogen) atoms. The molecule has 0 heterocycles. The second-order valence-corrected chi connectivity index (χ2v) is 15.1. The first-order valence-corrected chi connectivity index (χ1v) is 14.1. The molecule has 1 atom stereocenters. The van der Waals surface area contributed by atoms with Crippen LogP contribution in [0, 0.1) is 17.8 Å². The van der Waals surface area contributed by atoms with Gasteiger partial charge in [0.15, 0.2) is 0 Å². The van der Waals surface area contributed by atoms with Gasteiger partial charge in [0.2, 0.25) is 0 Å². The van der Waals surface area contributed by atoms with E-state index in [-0.39, 0.29) is 5.41 Å². The highest BCUT2D eigenvalue weighted by Gasteiger charge is 2.51. The Kier molecular flexibility index (Phi) is 8.32. The van der Waals surface area contributed by atoms with Crippen LogP contribution in [0.15, 0.2) is 36.9 Å². The lowest BCUT2D eigenvalue weighted by atomic mass is 9.73. The Morgan fingerprint density at radius 3 is 1.75 bits per heavy atom. The summed E-state index contributed by atoms with van der Waals surface area (Å²) in [4.78, 5) is 0. The second-order valence-electron chi connectivity index (χ2n) is 9.85. The normalized spacial score (nSPS) is 15.5. The number of rotatable bonds is 10. The molecular weight excluding hydrogens is 384 g/mol. The van der Waals surface area contributed by atoms with Gasteiger partial charge >= 0.3 is 0 Å². The summed E-state index contributed by atoms with van der Waals surface area (Å²) >= 11 is 0. The van der Waals surface area contributed by atoms with E-state index in [0.717, 1.165) is 23.2 Å². The van der Waals surface area contributed by atoms with Gasteiger partial charge in [-0.3, -0.25) is 4.55 Å². The molecule has 0 aliphatic heterocycles. The van der Waals surface area contributed by atoms with Crippen LogP contribution in [0.4, 0.5) is 0 Å². The van der Waals surface area contributed by atoms with Crippen molar-refractivity contribution in [2.75, 3.05) is 0 Å². The first kappa shape index (κ1) is 25.1. The highest BCUT2D eigenvalue weighted by molar-refractivity contribution is 7.88. The van der Waals surface area contributed by atoms with Gasteiger partial charge in [0.05, 0.1) is 8.80 Å². The molecule has 0 aliphatic carbocycles. The molecule has 1 unspecified atom stereocenters. The van der Waals surface area contributed by atoms with Crippen molar-refractivity contribution in [1.82, 2.24) is 0 Å². The van der Waals surface area contributed by atoms with Crippen LogP contribution < -0.4 is 0 Å². The van der Waals surface area contributed by atoms with Crippen molar-refractivity contribution in [3.8, 4) is 0 Å². The van der Waals surface area contributed by atoms with E-state index in [9.17, 15) is 13.0 Å². The van der Waals surface area contributed by atoms with Crippen LogP contribution in [0.2, 0.25) is 12.1 Å². The summed E-state index contributed by atoms with van der Waals surface area (Å²) in [5.74, 6) is 1.04. The molecule has 1 N–H and O–H groups in total. The van der Waals surface area contributed by atoms with Gasteiger partial charge in [0.1, 0.15) is 4.37 Å². The largest absolute Gasteiger partial charge is 0.285 e.